The predicted molar refractivity (Wildman–Crippen MR) is 74.1 cm³/mol. The lowest BCUT2D eigenvalue weighted by atomic mass is 10.1. The van der Waals surface area contributed by atoms with Gasteiger partial charge in [-0.3, -0.25) is 9.69 Å². The first-order valence-electron chi connectivity index (χ1n) is 5.57. The lowest BCUT2D eigenvalue weighted by molar-refractivity contribution is -0.112. The van der Waals surface area contributed by atoms with E-state index in [1.54, 1.807) is 11.0 Å². The van der Waals surface area contributed by atoms with Crippen LogP contribution in [0.5, 0.6) is 0 Å². The van der Waals surface area contributed by atoms with Gasteiger partial charge in [0.1, 0.15) is 0 Å². The molecule has 0 saturated carbocycles. The van der Waals surface area contributed by atoms with Crippen LogP contribution >= 0.6 is 11.6 Å². The Bertz CT molecular complexity index is 663. The molecular weight excluding hydrogens is 246 g/mol. The fourth-order valence-electron chi connectivity index (χ4n) is 2.16. The van der Waals surface area contributed by atoms with Gasteiger partial charge in [-0.2, -0.15) is 0 Å². The maximum Gasteiger partial charge on any atom is 0.262 e. The molecule has 0 aromatic heterocycles. The third-order valence-electron chi connectivity index (χ3n) is 3.02. The summed E-state index contributed by atoms with van der Waals surface area (Å²) in [4.78, 5) is 13.9. The zero-order chi connectivity index (χ0) is 12.7. The third-order valence-corrected chi connectivity index (χ3v) is 3.34. The fraction of sp³-hybridized carbons (Fsp3) is 0. The molecular formula is C15H10ClNO. The van der Waals surface area contributed by atoms with Crippen molar-refractivity contribution in [1.82, 2.24) is 0 Å². The van der Waals surface area contributed by atoms with Gasteiger partial charge in [0.2, 0.25) is 0 Å². The number of hydrogen-bond acceptors (Lipinski definition) is 1. The molecule has 0 spiro atoms. The van der Waals surface area contributed by atoms with Crippen LogP contribution in [0.25, 0.3) is 5.57 Å². The average Bonchev–Trinajstić information content (AvgIpc) is 2.64. The van der Waals surface area contributed by atoms with Crippen molar-refractivity contribution in [1.29, 1.82) is 0 Å². The van der Waals surface area contributed by atoms with Gasteiger partial charge >= 0.3 is 0 Å². The number of nitrogens with zero attached hydrogens (tertiary/aromatic N) is 1. The fourth-order valence-corrected chi connectivity index (χ4v) is 2.38. The number of carbonyl (C=O) groups is 1. The molecule has 0 aliphatic carbocycles. The lowest BCUT2D eigenvalue weighted by Gasteiger charge is -2.18. The minimum Gasteiger partial charge on any atom is -0.275 e. The summed E-state index contributed by atoms with van der Waals surface area (Å²) in [5.74, 6) is -0.121. The number of fused-ring (bicyclic) bond motifs is 1. The van der Waals surface area contributed by atoms with Crippen LogP contribution < -0.4 is 4.90 Å². The number of rotatable bonds is 1. The number of hydrogen-bond donors (Lipinski definition) is 0. The Morgan fingerprint density at radius 3 is 2.28 bits per heavy atom. The second-order valence-corrected chi connectivity index (χ2v) is 4.49. The topological polar surface area (TPSA) is 20.3 Å². The Kier molecular flexibility index (Phi) is 2.46. The van der Waals surface area contributed by atoms with Crippen molar-refractivity contribution in [3.05, 3.63) is 65.7 Å². The van der Waals surface area contributed by atoms with Gasteiger partial charge in [0.15, 0.2) is 0 Å². The molecule has 0 radical (unpaired) electrons. The van der Waals surface area contributed by atoms with Crippen molar-refractivity contribution in [3.8, 4) is 0 Å². The zero-order valence-electron chi connectivity index (χ0n) is 9.56. The number of anilines is 2. The summed E-state index contributed by atoms with van der Waals surface area (Å²) in [6.07, 6.45) is 0. The van der Waals surface area contributed by atoms with E-state index in [4.69, 9.17) is 11.6 Å². The second-order valence-electron chi connectivity index (χ2n) is 4.09. The molecule has 1 amide bonds. The van der Waals surface area contributed by atoms with Crippen LogP contribution in [-0.4, -0.2) is 5.91 Å². The minimum absolute atomic E-state index is 0.121. The van der Waals surface area contributed by atoms with Crippen LogP contribution in [0.15, 0.2) is 55.1 Å². The van der Waals surface area contributed by atoms with Crippen molar-refractivity contribution < 1.29 is 4.79 Å². The number of para-hydroxylation sites is 2. The van der Waals surface area contributed by atoms with Crippen molar-refractivity contribution in [3.63, 3.8) is 0 Å². The highest BCUT2D eigenvalue weighted by molar-refractivity contribution is 6.39. The molecule has 88 valence electrons. The normalized spacial score (nSPS) is 13.9. The summed E-state index contributed by atoms with van der Waals surface area (Å²) in [6.45, 7) is 3.85. The van der Waals surface area contributed by atoms with Gasteiger partial charge in [-0.15, -0.1) is 0 Å². The summed E-state index contributed by atoms with van der Waals surface area (Å²) in [6, 6.07) is 14.9. The van der Waals surface area contributed by atoms with Gasteiger partial charge in [-0.25, -0.2) is 0 Å². The SMILES string of the molecule is C=C1C(=O)N(c2ccccc2Cl)c2ccccc21. The molecule has 2 nitrogen and oxygen atoms in total. The summed E-state index contributed by atoms with van der Waals surface area (Å²) in [7, 11) is 0. The van der Waals surface area contributed by atoms with Crippen LogP contribution in [0.3, 0.4) is 0 Å². The molecule has 0 bridgehead atoms. The van der Waals surface area contributed by atoms with Gasteiger partial charge in [0.25, 0.3) is 5.91 Å². The largest absolute Gasteiger partial charge is 0.275 e. The molecule has 1 aliphatic heterocycles. The molecule has 0 fully saturated rings. The van der Waals surface area contributed by atoms with Gasteiger partial charge < -0.3 is 0 Å². The van der Waals surface area contributed by atoms with E-state index in [9.17, 15) is 4.79 Å². The first kappa shape index (κ1) is 11.1. The molecule has 2 aromatic rings. The van der Waals surface area contributed by atoms with Gasteiger partial charge in [0.05, 0.1) is 16.4 Å². The number of halogens is 1. The predicted octanol–water partition coefficient (Wildman–Crippen LogP) is 4.03. The second kappa shape index (κ2) is 4.00. The van der Waals surface area contributed by atoms with E-state index in [0.29, 0.717) is 16.3 Å². The quantitative estimate of drug-likeness (QED) is 0.705. The Morgan fingerprint density at radius 1 is 0.944 bits per heavy atom. The van der Waals surface area contributed by atoms with Crippen LogP contribution in [0.4, 0.5) is 11.4 Å². The summed E-state index contributed by atoms with van der Waals surface area (Å²) in [5.41, 5.74) is 2.89. The van der Waals surface area contributed by atoms with Crippen molar-refractivity contribution in [2.75, 3.05) is 4.90 Å². The van der Waals surface area contributed by atoms with Gasteiger partial charge in [-0.1, -0.05) is 48.5 Å². The van der Waals surface area contributed by atoms with Crippen LogP contribution in [0.2, 0.25) is 5.02 Å². The summed E-state index contributed by atoms with van der Waals surface area (Å²) >= 11 is 6.16. The maximum atomic E-state index is 12.3. The van der Waals surface area contributed by atoms with Crippen LogP contribution in [0, 0.1) is 0 Å². The molecule has 1 heterocycles. The molecule has 0 saturated heterocycles. The first-order valence-corrected chi connectivity index (χ1v) is 5.95. The third kappa shape index (κ3) is 1.46. The highest BCUT2D eigenvalue weighted by Crippen LogP contribution is 2.42. The molecule has 3 rings (SSSR count). The highest BCUT2D eigenvalue weighted by atomic mass is 35.5. The van der Waals surface area contributed by atoms with E-state index < -0.39 is 0 Å². The molecule has 18 heavy (non-hydrogen) atoms. The Labute approximate surface area is 110 Å². The standard InChI is InChI=1S/C15H10ClNO/c1-10-11-6-2-4-8-13(11)17(15(10)18)14-9-5-3-7-12(14)16/h2-9H,1H2. The number of carbonyl (C=O) groups excluding carboxylic acids is 1. The summed E-state index contributed by atoms with van der Waals surface area (Å²) in [5, 5.41) is 0.551. The molecule has 0 atom stereocenters. The smallest absolute Gasteiger partial charge is 0.262 e. The van der Waals surface area contributed by atoms with Crippen LogP contribution in [0.1, 0.15) is 5.56 Å². The molecule has 1 aliphatic rings. The minimum atomic E-state index is -0.121. The maximum absolute atomic E-state index is 12.3. The Balaban J connectivity index is 2.23. The van der Waals surface area contributed by atoms with Crippen molar-refractivity contribution >= 4 is 34.5 Å². The molecule has 3 heteroatoms. The van der Waals surface area contributed by atoms with E-state index in [1.807, 2.05) is 42.5 Å². The van der Waals surface area contributed by atoms with E-state index in [1.165, 1.54) is 0 Å². The summed E-state index contributed by atoms with van der Waals surface area (Å²) < 4.78 is 0. The Morgan fingerprint density at radius 2 is 1.56 bits per heavy atom. The lowest BCUT2D eigenvalue weighted by Crippen LogP contribution is -2.20. The van der Waals surface area contributed by atoms with E-state index in [-0.39, 0.29) is 5.91 Å². The van der Waals surface area contributed by atoms with Crippen molar-refractivity contribution in [2.24, 2.45) is 0 Å². The molecule has 2 aromatic carbocycles. The van der Waals surface area contributed by atoms with Gasteiger partial charge in [-0.05, 0) is 18.2 Å². The van der Waals surface area contributed by atoms with E-state index in [0.717, 1.165) is 11.3 Å². The first-order chi connectivity index (χ1) is 8.70. The Hall–Kier alpha value is -2.06. The number of benzene rings is 2. The average molecular weight is 256 g/mol. The van der Waals surface area contributed by atoms with Crippen LogP contribution in [-0.2, 0) is 4.79 Å². The molecule has 0 unspecified atom stereocenters. The van der Waals surface area contributed by atoms with E-state index in [2.05, 4.69) is 6.58 Å². The van der Waals surface area contributed by atoms with Crippen molar-refractivity contribution in [2.45, 2.75) is 0 Å². The number of amides is 1. The zero-order valence-corrected chi connectivity index (χ0v) is 10.3. The highest BCUT2D eigenvalue weighted by Gasteiger charge is 2.32. The molecule has 0 N–H and O–H groups in total. The van der Waals surface area contributed by atoms with Gasteiger partial charge in [0, 0.05) is 11.1 Å². The van der Waals surface area contributed by atoms with E-state index >= 15 is 0 Å². The monoisotopic (exact) mass is 255 g/mol.